The molecule has 0 atom stereocenters. The standard InChI is InChI=1S/C8H10N2O2S/c1-9-8(13)12-7-5-3-4-6(10-7)11-2/h3-5H,1-2H3,(H,9,13). The van der Waals surface area contributed by atoms with Crippen LogP contribution in [0.2, 0.25) is 0 Å². The number of aromatic nitrogens is 1. The molecule has 0 saturated heterocycles. The predicted octanol–water partition coefficient (Wildman–Crippen LogP) is 0.973. The lowest BCUT2D eigenvalue weighted by Crippen LogP contribution is -2.22. The Morgan fingerprint density at radius 2 is 2.15 bits per heavy atom. The van der Waals surface area contributed by atoms with Gasteiger partial charge in [-0.2, -0.15) is 4.98 Å². The minimum absolute atomic E-state index is 0.278. The summed E-state index contributed by atoms with van der Waals surface area (Å²) >= 11 is 4.80. The summed E-state index contributed by atoms with van der Waals surface area (Å²) in [5, 5.41) is 2.96. The second-order valence-corrected chi connectivity index (χ2v) is 2.53. The molecule has 13 heavy (non-hydrogen) atoms. The summed E-state index contributed by atoms with van der Waals surface area (Å²) in [4.78, 5) is 4.01. The lowest BCUT2D eigenvalue weighted by molar-refractivity contribution is 0.389. The summed E-state index contributed by atoms with van der Waals surface area (Å²) in [5.41, 5.74) is 0. The average Bonchev–Trinajstić information content (AvgIpc) is 2.18. The molecule has 1 aromatic rings. The molecule has 0 radical (unpaired) electrons. The molecule has 5 heteroatoms. The van der Waals surface area contributed by atoms with Crippen molar-refractivity contribution in [3.8, 4) is 11.8 Å². The Bertz CT molecular complexity index is 304. The highest BCUT2D eigenvalue weighted by Crippen LogP contribution is 2.12. The van der Waals surface area contributed by atoms with Crippen molar-refractivity contribution in [1.82, 2.24) is 10.3 Å². The molecule has 0 bridgehead atoms. The van der Waals surface area contributed by atoms with Gasteiger partial charge in [-0.3, -0.25) is 0 Å². The molecule has 0 aromatic carbocycles. The van der Waals surface area contributed by atoms with Gasteiger partial charge in [0.15, 0.2) is 0 Å². The molecular weight excluding hydrogens is 188 g/mol. The summed E-state index contributed by atoms with van der Waals surface area (Å²) in [6.45, 7) is 0. The third-order valence-corrected chi connectivity index (χ3v) is 1.60. The van der Waals surface area contributed by atoms with Crippen molar-refractivity contribution in [2.75, 3.05) is 14.2 Å². The number of thiocarbonyl (C=S) groups is 1. The van der Waals surface area contributed by atoms with Gasteiger partial charge in [0.1, 0.15) is 0 Å². The first-order valence-corrected chi connectivity index (χ1v) is 4.07. The van der Waals surface area contributed by atoms with Gasteiger partial charge in [0, 0.05) is 19.2 Å². The summed E-state index contributed by atoms with van der Waals surface area (Å²) in [5.74, 6) is 0.912. The highest BCUT2D eigenvalue weighted by molar-refractivity contribution is 7.80. The summed E-state index contributed by atoms with van der Waals surface area (Å²) in [7, 11) is 3.23. The molecule has 4 nitrogen and oxygen atoms in total. The van der Waals surface area contributed by atoms with Crippen LogP contribution in [0.1, 0.15) is 0 Å². The molecule has 0 unspecified atom stereocenters. The monoisotopic (exact) mass is 198 g/mol. The number of rotatable bonds is 2. The molecule has 0 saturated carbocycles. The Balaban J connectivity index is 2.71. The van der Waals surface area contributed by atoms with E-state index < -0.39 is 0 Å². The van der Waals surface area contributed by atoms with Crippen molar-refractivity contribution >= 4 is 17.4 Å². The van der Waals surface area contributed by atoms with E-state index in [1.165, 1.54) is 0 Å². The first kappa shape index (κ1) is 9.73. The highest BCUT2D eigenvalue weighted by atomic mass is 32.1. The van der Waals surface area contributed by atoms with Gasteiger partial charge in [0.2, 0.25) is 11.8 Å². The highest BCUT2D eigenvalue weighted by Gasteiger charge is 2.00. The van der Waals surface area contributed by atoms with Crippen LogP contribution in [0.3, 0.4) is 0 Å². The van der Waals surface area contributed by atoms with Crippen LogP contribution in [-0.4, -0.2) is 24.3 Å². The Kier molecular flexibility index (Phi) is 3.45. The Morgan fingerprint density at radius 3 is 2.77 bits per heavy atom. The maximum Gasteiger partial charge on any atom is 0.263 e. The molecule has 70 valence electrons. The predicted molar refractivity (Wildman–Crippen MR) is 53.1 cm³/mol. The lowest BCUT2D eigenvalue weighted by Gasteiger charge is -2.05. The molecule has 1 aromatic heterocycles. The number of nitrogens with zero attached hydrogens (tertiary/aromatic N) is 1. The van der Waals surface area contributed by atoms with Crippen LogP contribution < -0.4 is 14.8 Å². The maximum absolute atomic E-state index is 5.14. The van der Waals surface area contributed by atoms with Gasteiger partial charge in [-0.05, 0) is 12.2 Å². The third-order valence-electron chi connectivity index (χ3n) is 1.31. The lowest BCUT2D eigenvalue weighted by atomic mass is 10.5. The number of methoxy groups -OCH3 is 1. The van der Waals surface area contributed by atoms with Gasteiger partial charge in [-0.15, -0.1) is 0 Å². The molecule has 0 aliphatic rings. The van der Waals surface area contributed by atoms with Crippen LogP contribution in [-0.2, 0) is 0 Å². The number of hydrogen-bond donors (Lipinski definition) is 1. The van der Waals surface area contributed by atoms with E-state index in [0.29, 0.717) is 11.8 Å². The molecular formula is C8H10N2O2S. The zero-order valence-electron chi connectivity index (χ0n) is 7.40. The normalized spacial score (nSPS) is 9.08. The Hall–Kier alpha value is -1.36. The summed E-state index contributed by atoms with van der Waals surface area (Å²) < 4.78 is 10.1. The minimum atomic E-state index is 0.278. The molecule has 0 amide bonds. The molecule has 0 aliphatic carbocycles. The van der Waals surface area contributed by atoms with Crippen LogP contribution >= 0.6 is 12.2 Å². The van der Waals surface area contributed by atoms with Crippen molar-refractivity contribution in [2.45, 2.75) is 0 Å². The number of ether oxygens (including phenoxy) is 2. The second kappa shape index (κ2) is 4.61. The summed E-state index contributed by atoms with van der Waals surface area (Å²) in [6, 6.07) is 5.21. The van der Waals surface area contributed by atoms with E-state index in [0.717, 1.165) is 0 Å². The third kappa shape index (κ3) is 2.87. The zero-order valence-corrected chi connectivity index (χ0v) is 8.22. The van der Waals surface area contributed by atoms with Crippen LogP contribution in [0.4, 0.5) is 0 Å². The zero-order chi connectivity index (χ0) is 9.68. The quantitative estimate of drug-likeness (QED) is 0.717. The fourth-order valence-electron chi connectivity index (χ4n) is 0.712. The van der Waals surface area contributed by atoms with Crippen molar-refractivity contribution in [1.29, 1.82) is 0 Å². The fraction of sp³-hybridized carbons (Fsp3) is 0.250. The van der Waals surface area contributed by atoms with E-state index in [4.69, 9.17) is 21.7 Å². The minimum Gasteiger partial charge on any atom is -0.481 e. The van der Waals surface area contributed by atoms with E-state index in [-0.39, 0.29) is 5.17 Å². The van der Waals surface area contributed by atoms with Gasteiger partial charge in [-0.25, -0.2) is 0 Å². The van der Waals surface area contributed by atoms with Crippen molar-refractivity contribution in [2.24, 2.45) is 0 Å². The molecule has 1 rings (SSSR count). The fourth-order valence-corrected chi connectivity index (χ4v) is 0.798. The van der Waals surface area contributed by atoms with Gasteiger partial charge in [0.25, 0.3) is 5.17 Å². The van der Waals surface area contributed by atoms with Crippen molar-refractivity contribution in [3.63, 3.8) is 0 Å². The van der Waals surface area contributed by atoms with Crippen molar-refractivity contribution < 1.29 is 9.47 Å². The SMILES string of the molecule is CNC(=S)Oc1cccc(OC)n1. The van der Waals surface area contributed by atoms with Gasteiger partial charge < -0.3 is 14.8 Å². The van der Waals surface area contributed by atoms with E-state index in [1.807, 2.05) is 0 Å². The maximum atomic E-state index is 5.14. The first-order valence-electron chi connectivity index (χ1n) is 3.67. The van der Waals surface area contributed by atoms with Gasteiger partial charge in [0.05, 0.1) is 7.11 Å². The molecule has 0 aliphatic heterocycles. The topological polar surface area (TPSA) is 43.4 Å². The van der Waals surface area contributed by atoms with Crippen LogP contribution in [0, 0.1) is 0 Å². The first-order chi connectivity index (χ1) is 6.26. The van der Waals surface area contributed by atoms with Gasteiger partial charge >= 0.3 is 0 Å². The van der Waals surface area contributed by atoms with E-state index in [1.54, 1.807) is 32.4 Å². The van der Waals surface area contributed by atoms with Gasteiger partial charge in [-0.1, -0.05) is 6.07 Å². The molecule has 1 N–H and O–H groups in total. The number of pyridine rings is 1. The van der Waals surface area contributed by atoms with E-state index in [2.05, 4.69) is 10.3 Å². The van der Waals surface area contributed by atoms with Crippen LogP contribution in [0.5, 0.6) is 11.8 Å². The van der Waals surface area contributed by atoms with E-state index in [9.17, 15) is 0 Å². The molecule has 0 spiro atoms. The van der Waals surface area contributed by atoms with Crippen molar-refractivity contribution in [3.05, 3.63) is 18.2 Å². The average molecular weight is 198 g/mol. The number of hydrogen-bond acceptors (Lipinski definition) is 4. The summed E-state index contributed by atoms with van der Waals surface area (Å²) in [6.07, 6.45) is 0. The smallest absolute Gasteiger partial charge is 0.263 e. The van der Waals surface area contributed by atoms with E-state index >= 15 is 0 Å². The Morgan fingerprint density at radius 1 is 1.46 bits per heavy atom. The molecule has 1 heterocycles. The number of nitrogens with one attached hydrogen (secondary N) is 1. The molecule has 0 fully saturated rings. The second-order valence-electron chi connectivity index (χ2n) is 2.16. The van der Waals surface area contributed by atoms with Crippen LogP contribution in [0.15, 0.2) is 18.2 Å². The van der Waals surface area contributed by atoms with Crippen LogP contribution in [0.25, 0.3) is 0 Å². The Labute approximate surface area is 81.9 Å². The largest absolute Gasteiger partial charge is 0.481 e.